The van der Waals surface area contributed by atoms with E-state index in [-0.39, 0.29) is 29.8 Å². The summed E-state index contributed by atoms with van der Waals surface area (Å²) in [6.45, 7) is 3.76. The largest absolute Gasteiger partial charge is 0.388 e. The average Bonchev–Trinajstić information content (AvgIpc) is 2.52. The molecule has 2 rings (SSSR count). The zero-order chi connectivity index (χ0) is 15.8. The van der Waals surface area contributed by atoms with E-state index in [1.807, 2.05) is 6.92 Å². The van der Waals surface area contributed by atoms with Crippen LogP contribution in [0.25, 0.3) is 0 Å². The Labute approximate surface area is 155 Å². The van der Waals surface area contributed by atoms with E-state index in [1.165, 1.54) is 18.6 Å². The normalized spacial score (nSPS) is 17.3. The second-order valence-electron chi connectivity index (χ2n) is 5.96. The maximum atomic E-state index is 12.9. The fourth-order valence-electron chi connectivity index (χ4n) is 2.74. The predicted molar refractivity (Wildman–Crippen MR) is 103 cm³/mol. The predicted octanol–water partition coefficient (Wildman–Crippen LogP) is 3.19. The molecule has 0 aromatic heterocycles. The minimum Gasteiger partial charge on any atom is -0.388 e. The van der Waals surface area contributed by atoms with E-state index in [4.69, 9.17) is 0 Å². The van der Waals surface area contributed by atoms with Gasteiger partial charge in [-0.15, -0.1) is 24.0 Å². The average molecular weight is 435 g/mol. The molecule has 1 aromatic rings. The molecule has 0 unspecified atom stereocenters. The van der Waals surface area contributed by atoms with Gasteiger partial charge in [0, 0.05) is 13.1 Å². The lowest BCUT2D eigenvalue weighted by atomic mass is 9.85. The van der Waals surface area contributed by atoms with Gasteiger partial charge in [-0.1, -0.05) is 31.4 Å². The van der Waals surface area contributed by atoms with Gasteiger partial charge in [0.25, 0.3) is 0 Å². The number of aliphatic imine (C=N–C) groups is 1. The summed E-state index contributed by atoms with van der Waals surface area (Å²) in [6.07, 6.45) is 5.07. The molecule has 1 fully saturated rings. The van der Waals surface area contributed by atoms with Gasteiger partial charge in [0.15, 0.2) is 5.96 Å². The number of aliphatic hydroxyl groups is 1. The molecule has 4 nitrogen and oxygen atoms in total. The first kappa shape index (κ1) is 20.2. The summed E-state index contributed by atoms with van der Waals surface area (Å²) in [6, 6.07) is 6.35. The molecular formula is C17H27FIN3O. The molecule has 23 heavy (non-hydrogen) atoms. The van der Waals surface area contributed by atoms with E-state index in [0.717, 1.165) is 37.8 Å². The standard InChI is InChI=1S/C17H26FN3O.HI/c1-2-19-16(20-12-14-6-8-15(18)9-7-14)21-13-17(22)10-4-3-5-11-17;/h6-9,22H,2-5,10-13H2,1H3,(H2,19,20,21);1H. The van der Waals surface area contributed by atoms with Crippen molar-refractivity contribution in [3.63, 3.8) is 0 Å². The van der Waals surface area contributed by atoms with Gasteiger partial charge in [0.05, 0.1) is 12.1 Å². The smallest absolute Gasteiger partial charge is 0.191 e. The molecule has 130 valence electrons. The fourth-order valence-corrected chi connectivity index (χ4v) is 2.74. The number of guanidine groups is 1. The number of nitrogens with one attached hydrogen (secondary N) is 2. The highest BCUT2D eigenvalue weighted by atomic mass is 127. The minimum atomic E-state index is -0.621. The molecular weight excluding hydrogens is 408 g/mol. The van der Waals surface area contributed by atoms with Crippen molar-refractivity contribution >= 4 is 29.9 Å². The highest BCUT2D eigenvalue weighted by Gasteiger charge is 2.29. The molecule has 1 aliphatic carbocycles. The number of benzene rings is 1. The Morgan fingerprint density at radius 3 is 2.43 bits per heavy atom. The third-order valence-corrected chi connectivity index (χ3v) is 4.05. The van der Waals surface area contributed by atoms with Gasteiger partial charge < -0.3 is 15.7 Å². The Kier molecular flexibility index (Phi) is 8.83. The van der Waals surface area contributed by atoms with Crippen LogP contribution >= 0.6 is 24.0 Å². The molecule has 0 atom stereocenters. The van der Waals surface area contributed by atoms with Crippen LogP contribution < -0.4 is 10.6 Å². The van der Waals surface area contributed by atoms with Gasteiger partial charge in [0.2, 0.25) is 0 Å². The van der Waals surface area contributed by atoms with Crippen molar-refractivity contribution in [1.29, 1.82) is 0 Å². The zero-order valence-corrected chi connectivity index (χ0v) is 16.0. The fraction of sp³-hybridized carbons (Fsp3) is 0.588. The highest BCUT2D eigenvalue weighted by molar-refractivity contribution is 14.0. The molecule has 0 bridgehead atoms. The molecule has 6 heteroatoms. The quantitative estimate of drug-likeness (QED) is 0.378. The highest BCUT2D eigenvalue weighted by Crippen LogP contribution is 2.27. The Hall–Kier alpha value is -0.890. The SMILES string of the molecule is CCNC(=NCc1ccc(F)cc1)NCC1(O)CCCCC1.I. The Morgan fingerprint density at radius 2 is 1.83 bits per heavy atom. The molecule has 0 spiro atoms. The van der Waals surface area contributed by atoms with Crippen molar-refractivity contribution in [1.82, 2.24) is 10.6 Å². The van der Waals surface area contributed by atoms with Gasteiger partial charge in [-0.2, -0.15) is 0 Å². The van der Waals surface area contributed by atoms with Gasteiger partial charge >= 0.3 is 0 Å². The molecule has 1 aliphatic rings. The lowest BCUT2D eigenvalue weighted by molar-refractivity contribution is 0.00859. The minimum absolute atomic E-state index is 0. The monoisotopic (exact) mass is 435 g/mol. The number of nitrogens with zero attached hydrogens (tertiary/aromatic N) is 1. The second kappa shape index (κ2) is 10.1. The van der Waals surface area contributed by atoms with Crippen molar-refractivity contribution in [2.24, 2.45) is 4.99 Å². The third-order valence-electron chi connectivity index (χ3n) is 4.05. The van der Waals surface area contributed by atoms with E-state index in [2.05, 4.69) is 15.6 Å². The van der Waals surface area contributed by atoms with Gasteiger partial charge in [-0.3, -0.25) is 0 Å². The van der Waals surface area contributed by atoms with Crippen LogP contribution in [0.4, 0.5) is 4.39 Å². The van der Waals surface area contributed by atoms with Crippen LogP contribution in [0, 0.1) is 5.82 Å². The van der Waals surface area contributed by atoms with Crippen LogP contribution in [-0.2, 0) is 6.54 Å². The van der Waals surface area contributed by atoms with Gasteiger partial charge in [-0.05, 0) is 37.5 Å². The lowest BCUT2D eigenvalue weighted by Gasteiger charge is -2.32. The van der Waals surface area contributed by atoms with E-state index >= 15 is 0 Å². The summed E-state index contributed by atoms with van der Waals surface area (Å²) < 4.78 is 12.9. The van der Waals surface area contributed by atoms with Crippen LogP contribution in [0.3, 0.4) is 0 Å². The summed E-state index contributed by atoms with van der Waals surface area (Å²) >= 11 is 0. The molecule has 1 saturated carbocycles. The van der Waals surface area contributed by atoms with Crippen LogP contribution in [0.2, 0.25) is 0 Å². The molecule has 0 saturated heterocycles. The van der Waals surface area contributed by atoms with Crippen LogP contribution in [0.5, 0.6) is 0 Å². The summed E-state index contributed by atoms with van der Waals surface area (Å²) in [5, 5.41) is 16.9. The molecule has 1 aromatic carbocycles. The molecule has 0 heterocycles. The van der Waals surface area contributed by atoms with Crippen molar-refractivity contribution in [2.45, 2.75) is 51.2 Å². The lowest BCUT2D eigenvalue weighted by Crippen LogP contribution is -2.48. The van der Waals surface area contributed by atoms with Crippen molar-refractivity contribution in [3.8, 4) is 0 Å². The number of hydrogen-bond acceptors (Lipinski definition) is 2. The Morgan fingerprint density at radius 1 is 1.17 bits per heavy atom. The number of halogens is 2. The summed E-state index contributed by atoms with van der Waals surface area (Å²) in [5.74, 6) is 0.447. The number of rotatable bonds is 5. The topological polar surface area (TPSA) is 56.7 Å². The van der Waals surface area contributed by atoms with E-state index in [0.29, 0.717) is 19.0 Å². The van der Waals surface area contributed by atoms with E-state index in [1.54, 1.807) is 12.1 Å². The first-order chi connectivity index (χ1) is 10.6. The zero-order valence-electron chi connectivity index (χ0n) is 13.6. The number of hydrogen-bond donors (Lipinski definition) is 3. The second-order valence-corrected chi connectivity index (χ2v) is 5.96. The Bertz CT molecular complexity index is 487. The molecule has 0 aliphatic heterocycles. The van der Waals surface area contributed by atoms with Crippen LogP contribution in [0.15, 0.2) is 29.3 Å². The summed E-state index contributed by atoms with van der Waals surface area (Å²) in [7, 11) is 0. The molecule has 0 amide bonds. The van der Waals surface area contributed by atoms with Crippen molar-refractivity contribution in [2.75, 3.05) is 13.1 Å². The maximum absolute atomic E-state index is 12.9. The summed E-state index contributed by atoms with van der Waals surface area (Å²) in [4.78, 5) is 4.49. The van der Waals surface area contributed by atoms with Crippen molar-refractivity contribution < 1.29 is 9.50 Å². The first-order valence-corrected chi connectivity index (χ1v) is 8.10. The van der Waals surface area contributed by atoms with Gasteiger partial charge in [0.1, 0.15) is 5.82 Å². The van der Waals surface area contributed by atoms with E-state index < -0.39 is 5.60 Å². The van der Waals surface area contributed by atoms with Crippen LogP contribution in [-0.4, -0.2) is 29.8 Å². The molecule has 3 N–H and O–H groups in total. The first-order valence-electron chi connectivity index (χ1n) is 8.10. The third kappa shape index (κ3) is 7.03. The molecule has 0 radical (unpaired) electrons. The Balaban J connectivity index is 0.00000264. The van der Waals surface area contributed by atoms with Gasteiger partial charge in [-0.25, -0.2) is 9.38 Å². The maximum Gasteiger partial charge on any atom is 0.191 e. The summed E-state index contributed by atoms with van der Waals surface area (Å²) in [5.41, 5.74) is 0.333. The van der Waals surface area contributed by atoms with E-state index in [9.17, 15) is 9.50 Å². The van der Waals surface area contributed by atoms with Crippen molar-refractivity contribution in [3.05, 3.63) is 35.6 Å². The van der Waals surface area contributed by atoms with Crippen LogP contribution in [0.1, 0.15) is 44.6 Å².